The van der Waals surface area contributed by atoms with Gasteiger partial charge in [0.05, 0.1) is 6.54 Å². The third-order valence-electron chi connectivity index (χ3n) is 4.14. The molecule has 2 heteroatoms. The second kappa shape index (κ2) is 6.53. The van der Waals surface area contributed by atoms with Gasteiger partial charge in [0, 0.05) is 5.56 Å². The van der Waals surface area contributed by atoms with E-state index in [2.05, 4.69) is 37.8 Å². The van der Waals surface area contributed by atoms with Gasteiger partial charge in [0.25, 0.3) is 0 Å². The molecule has 1 saturated heterocycles. The first kappa shape index (κ1) is 15.2. The molecule has 0 atom stereocenters. The largest absolute Gasteiger partial charge is 0.296 e. The zero-order valence-corrected chi connectivity index (χ0v) is 13.1. The van der Waals surface area contributed by atoms with Gasteiger partial charge in [-0.2, -0.15) is 0 Å². The second-order valence-corrected chi connectivity index (χ2v) is 6.94. The van der Waals surface area contributed by atoms with Crippen LogP contribution >= 0.6 is 0 Å². The fraction of sp³-hybridized carbons (Fsp3) is 0.611. The summed E-state index contributed by atoms with van der Waals surface area (Å²) in [6.07, 6.45) is 5.09. The summed E-state index contributed by atoms with van der Waals surface area (Å²) in [4.78, 5) is 14.7. The number of likely N-dealkylation sites (tertiary alicyclic amines) is 1. The van der Waals surface area contributed by atoms with Crippen molar-refractivity contribution in [2.24, 2.45) is 0 Å². The molecule has 0 spiro atoms. The van der Waals surface area contributed by atoms with E-state index in [-0.39, 0.29) is 11.2 Å². The van der Waals surface area contributed by atoms with E-state index in [1.807, 2.05) is 12.1 Å². The molecular weight excluding hydrogens is 246 g/mol. The quantitative estimate of drug-likeness (QED) is 0.775. The lowest BCUT2D eigenvalue weighted by atomic mass is 9.86. The van der Waals surface area contributed by atoms with Crippen LogP contribution in [-0.4, -0.2) is 30.3 Å². The van der Waals surface area contributed by atoms with Crippen LogP contribution in [0.25, 0.3) is 0 Å². The maximum Gasteiger partial charge on any atom is 0.176 e. The zero-order chi connectivity index (χ0) is 14.6. The van der Waals surface area contributed by atoms with Gasteiger partial charge in [-0.25, -0.2) is 0 Å². The summed E-state index contributed by atoms with van der Waals surface area (Å²) in [6, 6.07) is 8.16. The van der Waals surface area contributed by atoms with Crippen LogP contribution in [-0.2, 0) is 5.41 Å². The molecule has 1 aromatic carbocycles. The monoisotopic (exact) mass is 273 g/mol. The van der Waals surface area contributed by atoms with Crippen molar-refractivity contribution >= 4 is 5.78 Å². The molecule has 0 bridgehead atoms. The molecule has 1 heterocycles. The average molecular weight is 273 g/mol. The molecule has 1 aliphatic heterocycles. The van der Waals surface area contributed by atoms with Gasteiger partial charge < -0.3 is 0 Å². The maximum atomic E-state index is 12.3. The highest BCUT2D eigenvalue weighted by molar-refractivity contribution is 5.97. The smallest absolute Gasteiger partial charge is 0.176 e. The molecule has 0 N–H and O–H groups in total. The first-order valence-corrected chi connectivity index (χ1v) is 7.83. The SMILES string of the molecule is CC(C)(C)c1ccc(C(=O)CN2CCCCCC2)cc1. The predicted molar refractivity (Wildman–Crippen MR) is 84.4 cm³/mol. The maximum absolute atomic E-state index is 12.3. The predicted octanol–water partition coefficient (Wildman–Crippen LogP) is 4.04. The third-order valence-corrected chi connectivity index (χ3v) is 4.14. The number of hydrogen-bond acceptors (Lipinski definition) is 2. The molecule has 110 valence electrons. The molecular formula is C18H27NO. The van der Waals surface area contributed by atoms with Crippen LogP contribution in [0, 0.1) is 0 Å². The van der Waals surface area contributed by atoms with Gasteiger partial charge in [0.15, 0.2) is 5.78 Å². The van der Waals surface area contributed by atoms with Crippen LogP contribution in [0.5, 0.6) is 0 Å². The Morgan fingerprint density at radius 3 is 2.05 bits per heavy atom. The van der Waals surface area contributed by atoms with Crippen LogP contribution in [0.1, 0.15) is 62.4 Å². The summed E-state index contributed by atoms with van der Waals surface area (Å²) >= 11 is 0. The van der Waals surface area contributed by atoms with Crippen molar-refractivity contribution in [1.82, 2.24) is 4.90 Å². The minimum absolute atomic E-state index is 0.145. The molecule has 1 aromatic rings. The third kappa shape index (κ3) is 4.17. The van der Waals surface area contributed by atoms with Crippen LogP contribution < -0.4 is 0 Å². The molecule has 0 aliphatic carbocycles. The van der Waals surface area contributed by atoms with Crippen LogP contribution in [0.15, 0.2) is 24.3 Å². The number of hydrogen-bond donors (Lipinski definition) is 0. The molecule has 0 aromatic heterocycles. The van der Waals surface area contributed by atoms with Crippen molar-refractivity contribution in [3.63, 3.8) is 0 Å². The Labute approximate surface area is 123 Å². The van der Waals surface area contributed by atoms with Gasteiger partial charge in [0.2, 0.25) is 0 Å². The summed E-state index contributed by atoms with van der Waals surface area (Å²) < 4.78 is 0. The minimum atomic E-state index is 0.145. The number of rotatable bonds is 3. The molecule has 2 rings (SSSR count). The Bertz CT molecular complexity index is 433. The van der Waals surface area contributed by atoms with E-state index in [0.29, 0.717) is 6.54 Å². The molecule has 0 amide bonds. The van der Waals surface area contributed by atoms with Crippen molar-refractivity contribution in [2.45, 2.75) is 51.9 Å². The Morgan fingerprint density at radius 2 is 1.55 bits per heavy atom. The van der Waals surface area contributed by atoms with E-state index in [0.717, 1.165) is 18.7 Å². The van der Waals surface area contributed by atoms with Crippen molar-refractivity contribution < 1.29 is 4.79 Å². The number of benzene rings is 1. The van der Waals surface area contributed by atoms with Gasteiger partial charge in [0.1, 0.15) is 0 Å². The van der Waals surface area contributed by atoms with Crippen molar-refractivity contribution in [1.29, 1.82) is 0 Å². The topological polar surface area (TPSA) is 20.3 Å². The van der Waals surface area contributed by atoms with Gasteiger partial charge in [-0.1, -0.05) is 57.9 Å². The van der Waals surface area contributed by atoms with Gasteiger partial charge >= 0.3 is 0 Å². The molecule has 2 nitrogen and oxygen atoms in total. The summed E-state index contributed by atoms with van der Waals surface area (Å²) in [5.74, 6) is 0.257. The van der Waals surface area contributed by atoms with Gasteiger partial charge in [-0.15, -0.1) is 0 Å². The standard InChI is InChI=1S/C18H27NO/c1-18(2,3)16-10-8-15(9-11-16)17(20)14-19-12-6-4-5-7-13-19/h8-11H,4-7,12-14H2,1-3H3. The lowest BCUT2D eigenvalue weighted by Gasteiger charge is -2.20. The number of Topliss-reactive ketones (excluding diaryl/α,β-unsaturated/α-hetero) is 1. The van der Waals surface area contributed by atoms with Crippen molar-refractivity contribution in [3.8, 4) is 0 Å². The number of carbonyl (C=O) groups excluding carboxylic acids is 1. The minimum Gasteiger partial charge on any atom is -0.296 e. The Morgan fingerprint density at radius 1 is 1.00 bits per heavy atom. The zero-order valence-electron chi connectivity index (χ0n) is 13.1. The highest BCUT2D eigenvalue weighted by Gasteiger charge is 2.16. The van der Waals surface area contributed by atoms with Crippen LogP contribution in [0.3, 0.4) is 0 Å². The fourth-order valence-electron chi connectivity index (χ4n) is 2.74. The first-order chi connectivity index (χ1) is 9.47. The first-order valence-electron chi connectivity index (χ1n) is 7.83. The highest BCUT2D eigenvalue weighted by atomic mass is 16.1. The molecule has 20 heavy (non-hydrogen) atoms. The lowest BCUT2D eigenvalue weighted by Crippen LogP contribution is -2.30. The average Bonchev–Trinajstić information content (AvgIpc) is 2.66. The van der Waals surface area contributed by atoms with Crippen LogP contribution in [0.2, 0.25) is 0 Å². The van der Waals surface area contributed by atoms with E-state index in [4.69, 9.17) is 0 Å². The van der Waals surface area contributed by atoms with Gasteiger partial charge in [-0.3, -0.25) is 9.69 Å². The van der Waals surface area contributed by atoms with Crippen molar-refractivity contribution in [3.05, 3.63) is 35.4 Å². The summed E-state index contributed by atoms with van der Waals surface area (Å²) in [7, 11) is 0. The van der Waals surface area contributed by atoms with E-state index in [9.17, 15) is 4.79 Å². The normalized spacial score (nSPS) is 17.8. The van der Waals surface area contributed by atoms with Crippen molar-refractivity contribution in [2.75, 3.05) is 19.6 Å². The van der Waals surface area contributed by atoms with E-state index in [1.165, 1.54) is 31.2 Å². The van der Waals surface area contributed by atoms with E-state index in [1.54, 1.807) is 0 Å². The number of nitrogens with zero attached hydrogens (tertiary/aromatic N) is 1. The Kier molecular flexibility index (Phi) is 4.98. The second-order valence-electron chi connectivity index (χ2n) is 6.94. The summed E-state index contributed by atoms with van der Waals surface area (Å²) in [5.41, 5.74) is 2.28. The fourth-order valence-corrected chi connectivity index (χ4v) is 2.74. The lowest BCUT2D eigenvalue weighted by molar-refractivity contribution is 0.0933. The van der Waals surface area contributed by atoms with Gasteiger partial charge in [-0.05, 0) is 36.9 Å². The summed E-state index contributed by atoms with van der Waals surface area (Å²) in [5, 5.41) is 0. The molecule has 1 aliphatic rings. The summed E-state index contributed by atoms with van der Waals surface area (Å²) in [6.45, 7) is 9.32. The molecule has 0 saturated carbocycles. The van der Waals surface area contributed by atoms with Crippen LogP contribution in [0.4, 0.5) is 0 Å². The molecule has 0 unspecified atom stereocenters. The molecule has 0 radical (unpaired) electrons. The Hall–Kier alpha value is -1.15. The molecule has 1 fully saturated rings. The van der Waals surface area contributed by atoms with E-state index < -0.39 is 0 Å². The van der Waals surface area contributed by atoms with E-state index >= 15 is 0 Å². The highest BCUT2D eigenvalue weighted by Crippen LogP contribution is 2.22. The number of ketones is 1. The Balaban J connectivity index is 1.98. The number of carbonyl (C=O) groups is 1.